The number of anilines is 2. The molecule has 1 spiro atoms. The van der Waals surface area contributed by atoms with Crippen LogP contribution in [0.2, 0.25) is 0 Å². The maximum Gasteiger partial charge on any atom is 0.205 e. The number of aliphatic hydroxyl groups excluding tert-OH is 1. The molecule has 5 rings (SSSR count). The highest BCUT2D eigenvalue weighted by molar-refractivity contribution is 5.64. The zero-order valence-electron chi connectivity index (χ0n) is 17.5. The molecule has 2 aromatic carbocycles. The Morgan fingerprint density at radius 2 is 1.90 bits per heavy atom. The van der Waals surface area contributed by atoms with Gasteiger partial charge in [0.1, 0.15) is 11.6 Å². The van der Waals surface area contributed by atoms with Crippen molar-refractivity contribution in [2.24, 2.45) is 5.92 Å². The second kappa shape index (κ2) is 7.75. The van der Waals surface area contributed by atoms with E-state index >= 15 is 0 Å². The lowest BCUT2D eigenvalue weighted by Crippen LogP contribution is -2.48. The molecule has 2 fully saturated rings. The van der Waals surface area contributed by atoms with Crippen molar-refractivity contribution in [2.45, 2.75) is 37.5 Å². The zero-order chi connectivity index (χ0) is 20.7. The first kappa shape index (κ1) is 19.6. The number of methoxy groups -OCH3 is 1. The molecule has 0 amide bonds. The smallest absolute Gasteiger partial charge is 0.205 e. The van der Waals surface area contributed by atoms with E-state index < -0.39 is 6.35 Å². The van der Waals surface area contributed by atoms with Crippen LogP contribution < -0.4 is 15.0 Å². The summed E-state index contributed by atoms with van der Waals surface area (Å²) in [5, 5.41) is 14.2. The maximum absolute atomic E-state index is 14.2. The Morgan fingerprint density at radius 3 is 2.57 bits per heavy atom. The van der Waals surface area contributed by atoms with Gasteiger partial charge >= 0.3 is 0 Å². The highest BCUT2D eigenvalue weighted by atomic mass is 19.1. The molecule has 0 aromatic heterocycles. The predicted octanol–water partition coefficient (Wildman–Crippen LogP) is 3.79. The fourth-order valence-corrected chi connectivity index (χ4v) is 5.07. The van der Waals surface area contributed by atoms with Gasteiger partial charge in [0.05, 0.1) is 7.11 Å². The first-order valence-corrected chi connectivity index (χ1v) is 10.9. The fraction of sp³-hybridized carbons (Fsp3) is 0.500. The van der Waals surface area contributed by atoms with Gasteiger partial charge in [-0.15, -0.1) is 0 Å². The van der Waals surface area contributed by atoms with E-state index in [4.69, 9.17) is 4.74 Å². The van der Waals surface area contributed by atoms with E-state index in [2.05, 4.69) is 10.2 Å². The molecule has 160 valence electrons. The van der Waals surface area contributed by atoms with Crippen LogP contribution in [0.25, 0.3) is 0 Å². The number of nitrogens with zero attached hydrogens (tertiary/aromatic N) is 2. The number of hydrogen-bond donors (Lipinski definition) is 2. The number of hydrogen-bond acceptors (Lipinski definition) is 5. The van der Waals surface area contributed by atoms with Gasteiger partial charge in [-0.05, 0) is 92.7 Å². The minimum atomic E-state index is -0.883. The van der Waals surface area contributed by atoms with Crippen molar-refractivity contribution in [1.82, 2.24) is 4.90 Å². The highest BCUT2D eigenvalue weighted by Gasteiger charge is 2.46. The molecule has 2 aromatic rings. The van der Waals surface area contributed by atoms with Crippen LogP contribution in [-0.2, 0) is 5.41 Å². The van der Waals surface area contributed by atoms with E-state index in [1.54, 1.807) is 13.2 Å². The number of likely N-dealkylation sites (tertiary alicyclic amines) is 1. The summed E-state index contributed by atoms with van der Waals surface area (Å²) in [6.07, 6.45) is 3.86. The van der Waals surface area contributed by atoms with Crippen molar-refractivity contribution in [2.75, 3.05) is 43.5 Å². The van der Waals surface area contributed by atoms with Crippen LogP contribution >= 0.6 is 0 Å². The van der Waals surface area contributed by atoms with Crippen molar-refractivity contribution in [3.63, 3.8) is 0 Å². The average Bonchev–Trinajstić information content (AvgIpc) is 3.53. The molecule has 0 bridgehead atoms. The van der Waals surface area contributed by atoms with Gasteiger partial charge in [-0.1, -0.05) is 0 Å². The SMILES string of the molecule is COc1ccc(NC(O)N2CC3(CCN(CC4CC4)CC3)c3cc(F)ccc32)cc1. The lowest BCUT2D eigenvalue weighted by molar-refractivity contribution is 0.147. The number of ether oxygens (including phenoxy) is 1. The summed E-state index contributed by atoms with van der Waals surface area (Å²) in [5.74, 6) is 1.46. The number of fused-ring (bicyclic) bond motifs is 2. The zero-order valence-corrected chi connectivity index (χ0v) is 17.5. The summed E-state index contributed by atoms with van der Waals surface area (Å²) in [4.78, 5) is 4.55. The third-order valence-electron chi connectivity index (χ3n) is 7.02. The molecule has 5 nitrogen and oxygen atoms in total. The van der Waals surface area contributed by atoms with E-state index in [1.807, 2.05) is 35.2 Å². The van der Waals surface area contributed by atoms with Crippen molar-refractivity contribution < 1.29 is 14.2 Å². The second-order valence-corrected chi connectivity index (χ2v) is 9.06. The van der Waals surface area contributed by atoms with Gasteiger partial charge in [0.2, 0.25) is 6.35 Å². The van der Waals surface area contributed by atoms with Crippen LogP contribution in [0, 0.1) is 11.7 Å². The summed E-state index contributed by atoms with van der Waals surface area (Å²) in [5.41, 5.74) is 2.69. The molecule has 6 heteroatoms. The van der Waals surface area contributed by atoms with Gasteiger partial charge < -0.3 is 25.0 Å². The third kappa shape index (κ3) is 3.74. The van der Waals surface area contributed by atoms with Crippen LogP contribution in [0.15, 0.2) is 42.5 Å². The molecule has 1 saturated carbocycles. The molecule has 1 aliphatic carbocycles. The maximum atomic E-state index is 14.2. The molecule has 1 atom stereocenters. The molecule has 3 aliphatic rings. The third-order valence-corrected chi connectivity index (χ3v) is 7.02. The lowest BCUT2D eigenvalue weighted by atomic mass is 9.74. The Hall–Kier alpha value is -2.31. The van der Waals surface area contributed by atoms with Crippen LogP contribution in [-0.4, -0.2) is 49.6 Å². The summed E-state index contributed by atoms with van der Waals surface area (Å²) >= 11 is 0. The van der Waals surface area contributed by atoms with Gasteiger partial charge in [0.15, 0.2) is 0 Å². The second-order valence-electron chi connectivity index (χ2n) is 9.06. The molecule has 1 saturated heterocycles. The molecule has 2 aliphatic heterocycles. The van der Waals surface area contributed by atoms with Crippen LogP contribution in [0.5, 0.6) is 5.75 Å². The van der Waals surface area contributed by atoms with E-state index in [-0.39, 0.29) is 11.2 Å². The van der Waals surface area contributed by atoms with E-state index in [0.29, 0.717) is 6.54 Å². The van der Waals surface area contributed by atoms with E-state index in [0.717, 1.165) is 54.5 Å². The molecular weight excluding hydrogens is 381 g/mol. The van der Waals surface area contributed by atoms with E-state index in [9.17, 15) is 9.50 Å². The first-order chi connectivity index (χ1) is 14.6. The fourth-order valence-electron chi connectivity index (χ4n) is 5.07. The van der Waals surface area contributed by atoms with Gasteiger partial charge in [-0.25, -0.2) is 4.39 Å². The summed E-state index contributed by atoms with van der Waals surface area (Å²) in [7, 11) is 1.63. The molecular formula is C24H30FN3O2. The summed E-state index contributed by atoms with van der Waals surface area (Å²) in [6.45, 7) is 4.00. The number of aliphatic hydroxyl groups is 1. The van der Waals surface area contributed by atoms with Crippen LogP contribution in [0.3, 0.4) is 0 Å². The van der Waals surface area contributed by atoms with Gasteiger partial charge in [0, 0.05) is 29.9 Å². The van der Waals surface area contributed by atoms with Crippen molar-refractivity contribution >= 4 is 11.4 Å². The average molecular weight is 412 g/mol. The van der Waals surface area contributed by atoms with Crippen molar-refractivity contribution in [3.8, 4) is 5.75 Å². The van der Waals surface area contributed by atoms with E-state index in [1.165, 1.54) is 25.5 Å². The Labute approximate surface area is 177 Å². The Kier molecular flexibility index (Phi) is 5.07. The highest BCUT2D eigenvalue weighted by Crippen LogP contribution is 2.48. The minimum Gasteiger partial charge on any atom is -0.497 e. The van der Waals surface area contributed by atoms with Crippen molar-refractivity contribution in [1.29, 1.82) is 0 Å². The molecule has 1 unspecified atom stereocenters. The summed E-state index contributed by atoms with van der Waals surface area (Å²) in [6, 6.07) is 12.5. The lowest BCUT2D eigenvalue weighted by Gasteiger charge is -2.40. The molecule has 2 heterocycles. The number of piperidine rings is 1. The standard InChI is InChI=1S/C24H30FN3O2/c1-30-20-7-5-19(6-8-20)26-23(29)28-16-24(21-14-18(25)4-9-22(21)28)10-12-27(13-11-24)15-17-2-3-17/h4-9,14,17,23,26,29H,2-3,10-13,15-16H2,1H3. The Bertz CT molecular complexity index is 892. The van der Waals surface area contributed by atoms with Gasteiger partial charge in [-0.3, -0.25) is 0 Å². The number of halogens is 1. The van der Waals surface area contributed by atoms with Crippen molar-refractivity contribution in [3.05, 3.63) is 53.8 Å². The van der Waals surface area contributed by atoms with Gasteiger partial charge in [0.25, 0.3) is 0 Å². The van der Waals surface area contributed by atoms with Gasteiger partial charge in [-0.2, -0.15) is 0 Å². The number of benzene rings is 2. The van der Waals surface area contributed by atoms with Crippen LogP contribution in [0.4, 0.5) is 15.8 Å². The summed E-state index contributed by atoms with van der Waals surface area (Å²) < 4.78 is 19.4. The molecule has 30 heavy (non-hydrogen) atoms. The largest absolute Gasteiger partial charge is 0.497 e. The molecule has 2 N–H and O–H groups in total. The Morgan fingerprint density at radius 1 is 1.17 bits per heavy atom. The monoisotopic (exact) mass is 411 g/mol. The number of nitrogens with one attached hydrogen (secondary N) is 1. The topological polar surface area (TPSA) is 48.0 Å². The normalized spacial score (nSPS) is 21.5. The Balaban J connectivity index is 1.35. The predicted molar refractivity (Wildman–Crippen MR) is 116 cm³/mol. The first-order valence-electron chi connectivity index (χ1n) is 10.9. The minimum absolute atomic E-state index is 0.0972. The molecule has 0 radical (unpaired) electrons. The quantitative estimate of drug-likeness (QED) is 0.709. The van der Waals surface area contributed by atoms with Crippen LogP contribution in [0.1, 0.15) is 31.2 Å². The number of rotatable bonds is 6.